The fraction of sp³-hybridized carbons (Fsp3) is 0.150. The number of urea groups is 1. The average Bonchev–Trinajstić information content (AvgIpc) is 2.65. The standard InChI is InChI=1S/C20H16Cl2N2O5/c1-2-28-17-11(8-14-18(25)23-20(27)24-19(14)26)4-3-5-16(17)29-10-12-6-7-13(21)9-15(12)22/h3-9H,2,10H2,1H3,(H2,23,24,25,26,27). The van der Waals surface area contributed by atoms with Gasteiger partial charge in [-0.3, -0.25) is 20.2 Å². The van der Waals surface area contributed by atoms with E-state index in [4.69, 9.17) is 32.7 Å². The normalized spacial score (nSPS) is 13.6. The predicted octanol–water partition coefficient (Wildman–Crippen LogP) is 3.72. The molecule has 1 fully saturated rings. The highest BCUT2D eigenvalue weighted by Crippen LogP contribution is 2.34. The molecule has 0 aliphatic carbocycles. The van der Waals surface area contributed by atoms with Crippen molar-refractivity contribution in [2.45, 2.75) is 13.5 Å². The molecule has 0 radical (unpaired) electrons. The number of carbonyl (C=O) groups is 3. The molecule has 9 heteroatoms. The topological polar surface area (TPSA) is 93.7 Å². The van der Waals surface area contributed by atoms with Crippen LogP contribution >= 0.6 is 23.2 Å². The lowest BCUT2D eigenvalue weighted by Gasteiger charge is -2.17. The molecular formula is C20H16Cl2N2O5. The van der Waals surface area contributed by atoms with Crippen molar-refractivity contribution < 1.29 is 23.9 Å². The monoisotopic (exact) mass is 434 g/mol. The van der Waals surface area contributed by atoms with E-state index in [1.54, 1.807) is 43.3 Å². The fourth-order valence-electron chi connectivity index (χ4n) is 2.62. The Balaban J connectivity index is 1.91. The van der Waals surface area contributed by atoms with Gasteiger partial charge in [-0.1, -0.05) is 41.4 Å². The summed E-state index contributed by atoms with van der Waals surface area (Å²) in [6.45, 7) is 2.28. The molecule has 1 aliphatic heterocycles. The summed E-state index contributed by atoms with van der Waals surface area (Å²) < 4.78 is 11.5. The summed E-state index contributed by atoms with van der Waals surface area (Å²) >= 11 is 12.1. The lowest BCUT2D eigenvalue weighted by atomic mass is 10.1. The summed E-state index contributed by atoms with van der Waals surface area (Å²) in [4.78, 5) is 35.2. The van der Waals surface area contributed by atoms with Crippen molar-refractivity contribution in [3.05, 3.63) is 63.1 Å². The second-order valence-electron chi connectivity index (χ2n) is 5.93. The van der Waals surface area contributed by atoms with Crippen LogP contribution in [0.3, 0.4) is 0 Å². The summed E-state index contributed by atoms with van der Waals surface area (Å²) in [7, 11) is 0. The maximum atomic E-state index is 12.0. The number of para-hydroxylation sites is 1. The van der Waals surface area contributed by atoms with Crippen molar-refractivity contribution >= 4 is 47.1 Å². The summed E-state index contributed by atoms with van der Waals surface area (Å²) in [6.07, 6.45) is 1.34. The maximum absolute atomic E-state index is 12.0. The Morgan fingerprint density at radius 3 is 2.38 bits per heavy atom. The highest BCUT2D eigenvalue weighted by atomic mass is 35.5. The van der Waals surface area contributed by atoms with Gasteiger partial charge in [-0.2, -0.15) is 0 Å². The second-order valence-corrected chi connectivity index (χ2v) is 6.77. The number of halogens is 2. The van der Waals surface area contributed by atoms with Gasteiger partial charge in [-0.15, -0.1) is 0 Å². The number of hydrogen-bond acceptors (Lipinski definition) is 5. The van der Waals surface area contributed by atoms with Crippen molar-refractivity contribution in [3.63, 3.8) is 0 Å². The molecule has 150 valence electrons. The lowest BCUT2D eigenvalue weighted by molar-refractivity contribution is -0.123. The van der Waals surface area contributed by atoms with Crippen molar-refractivity contribution in [3.8, 4) is 11.5 Å². The van der Waals surface area contributed by atoms with Crippen LogP contribution in [0.15, 0.2) is 42.0 Å². The molecule has 2 N–H and O–H groups in total. The van der Waals surface area contributed by atoms with Crippen molar-refractivity contribution in [1.82, 2.24) is 10.6 Å². The summed E-state index contributed by atoms with van der Waals surface area (Å²) in [5, 5.41) is 5.04. The Labute approximate surface area is 176 Å². The van der Waals surface area contributed by atoms with Crippen LogP contribution in [0.25, 0.3) is 6.08 Å². The highest BCUT2D eigenvalue weighted by molar-refractivity contribution is 6.35. The molecule has 0 aromatic heterocycles. The number of carbonyl (C=O) groups excluding carboxylic acids is 3. The molecule has 1 heterocycles. The molecule has 4 amide bonds. The van der Waals surface area contributed by atoms with Gasteiger partial charge in [0.1, 0.15) is 12.2 Å². The Bertz CT molecular complexity index is 998. The van der Waals surface area contributed by atoms with Crippen LogP contribution in [-0.4, -0.2) is 24.5 Å². The van der Waals surface area contributed by atoms with E-state index in [0.717, 1.165) is 5.56 Å². The van der Waals surface area contributed by atoms with E-state index >= 15 is 0 Å². The van der Waals surface area contributed by atoms with Crippen LogP contribution in [-0.2, 0) is 16.2 Å². The molecular weight excluding hydrogens is 419 g/mol. The Morgan fingerprint density at radius 2 is 1.72 bits per heavy atom. The fourth-order valence-corrected chi connectivity index (χ4v) is 3.08. The Hall–Kier alpha value is -3.03. The number of benzene rings is 2. The van der Waals surface area contributed by atoms with E-state index in [0.29, 0.717) is 33.7 Å². The minimum atomic E-state index is -0.862. The molecule has 0 atom stereocenters. The first-order chi connectivity index (χ1) is 13.9. The minimum absolute atomic E-state index is 0.158. The third kappa shape index (κ3) is 4.88. The van der Waals surface area contributed by atoms with Gasteiger partial charge in [0.05, 0.1) is 6.61 Å². The van der Waals surface area contributed by atoms with Crippen molar-refractivity contribution in [2.75, 3.05) is 6.61 Å². The number of imide groups is 2. The van der Waals surface area contributed by atoms with E-state index in [9.17, 15) is 14.4 Å². The Kier molecular flexibility index (Phi) is 6.41. The number of barbiturate groups is 1. The highest BCUT2D eigenvalue weighted by Gasteiger charge is 2.28. The van der Waals surface area contributed by atoms with Crippen LogP contribution in [0.4, 0.5) is 4.79 Å². The molecule has 1 aliphatic rings. The first-order valence-electron chi connectivity index (χ1n) is 8.60. The van der Waals surface area contributed by atoms with Gasteiger partial charge in [0.25, 0.3) is 11.8 Å². The zero-order chi connectivity index (χ0) is 21.0. The smallest absolute Gasteiger partial charge is 0.328 e. The van der Waals surface area contributed by atoms with Crippen LogP contribution in [0.5, 0.6) is 11.5 Å². The van der Waals surface area contributed by atoms with Crippen molar-refractivity contribution in [2.24, 2.45) is 0 Å². The summed E-state index contributed by atoms with van der Waals surface area (Å²) in [6, 6.07) is 9.27. The van der Waals surface area contributed by atoms with Crippen molar-refractivity contribution in [1.29, 1.82) is 0 Å². The molecule has 0 unspecified atom stereocenters. The van der Waals surface area contributed by atoms with Gasteiger partial charge < -0.3 is 9.47 Å². The largest absolute Gasteiger partial charge is 0.489 e. The van der Waals surface area contributed by atoms with Crippen LogP contribution in [0.2, 0.25) is 10.0 Å². The van der Waals surface area contributed by atoms with Gasteiger partial charge in [-0.25, -0.2) is 4.79 Å². The average molecular weight is 435 g/mol. The molecule has 0 saturated carbocycles. The van der Waals surface area contributed by atoms with Gasteiger partial charge >= 0.3 is 6.03 Å². The van der Waals surface area contributed by atoms with Gasteiger partial charge in [0.15, 0.2) is 11.5 Å². The number of hydrogen-bond donors (Lipinski definition) is 2. The van der Waals surface area contributed by atoms with Crippen LogP contribution < -0.4 is 20.1 Å². The molecule has 7 nitrogen and oxygen atoms in total. The summed E-state index contributed by atoms with van der Waals surface area (Å²) in [5.41, 5.74) is 0.955. The van der Waals surface area contributed by atoms with E-state index in [1.807, 2.05) is 10.6 Å². The molecule has 3 rings (SSSR count). The second kappa shape index (κ2) is 8.98. The zero-order valence-electron chi connectivity index (χ0n) is 15.3. The minimum Gasteiger partial charge on any atom is -0.489 e. The zero-order valence-corrected chi connectivity index (χ0v) is 16.8. The van der Waals surface area contributed by atoms with Gasteiger partial charge in [0, 0.05) is 21.2 Å². The Morgan fingerprint density at radius 1 is 1.00 bits per heavy atom. The summed E-state index contributed by atoms with van der Waals surface area (Å²) in [5.74, 6) is -0.828. The molecule has 2 aromatic carbocycles. The van der Waals surface area contributed by atoms with Crippen LogP contribution in [0, 0.1) is 0 Å². The third-order valence-electron chi connectivity index (χ3n) is 3.94. The first kappa shape index (κ1) is 20.7. The predicted molar refractivity (Wildman–Crippen MR) is 108 cm³/mol. The van der Waals surface area contributed by atoms with Gasteiger partial charge in [-0.05, 0) is 31.2 Å². The molecule has 0 spiro atoms. The van der Waals surface area contributed by atoms with Crippen LogP contribution in [0.1, 0.15) is 18.1 Å². The van der Waals surface area contributed by atoms with Gasteiger partial charge in [0.2, 0.25) is 0 Å². The third-order valence-corrected chi connectivity index (χ3v) is 4.53. The quantitative estimate of drug-likeness (QED) is 0.533. The lowest BCUT2D eigenvalue weighted by Crippen LogP contribution is -2.51. The first-order valence-corrected chi connectivity index (χ1v) is 9.35. The molecule has 0 bridgehead atoms. The number of ether oxygens (including phenoxy) is 2. The molecule has 1 saturated heterocycles. The molecule has 29 heavy (non-hydrogen) atoms. The number of rotatable bonds is 6. The van der Waals surface area contributed by atoms with E-state index in [1.165, 1.54) is 6.08 Å². The number of amides is 4. The van der Waals surface area contributed by atoms with E-state index in [2.05, 4.69) is 0 Å². The number of nitrogens with one attached hydrogen (secondary N) is 2. The maximum Gasteiger partial charge on any atom is 0.328 e. The molecule has 2 aromatic rings. The van der Waals surface area contributed by atoms with E-state index in [-0.39, 0.29) is 12.2 Å². The SMILES string of the molecule is CCOc1c(C=C2C(=O)NC(=O)NC2=O)cccc1OCc1ccc(Cl)cc1Cl. The van der Waals surface area contributed by atoms with E-state index < -0.39 is 17.8 Å².